The van der Waals surface area contributed by atoms with Gasteiger partial charge >= 0.3 is 0 Å². The molecule has 0 saturated heterocycles. The van der Waals surface area contributed by atoms with Crippen molar-refractivity contribution in [1.29, 1.82) is 0 Å². The molecule has 0 fully saturated rings. The number of primary amides is 1. The van der Waals surface area contributed by atoms with E-state index in [1.54, 1.807) is 19.2 Å². The molecule has 1 aliphatic rings. The molecule has 2 heterocycles. The molecule has 150 valence electrons. The Hall–Kier alpha value is -3.13. The first-order valence-corrected chi connectivity index (χ1v) is 10.2. The molecule has 7 nitrogen and oxygen atoms in total. The first-order valence-electron chi connectivity index (χ1n) is 9.33. The number of anilines is 1. The fourth-order valence-electron chi connectivity index (χ4n) is 3.62. The number of methoxy groups -OCH3 is 1. The van der Waals surface area contributed by atoms with Gasteiger partial charge < -0.3 is 20.3 Å². The molecular formula is C21H21N3O4S. The Bertz CT molecular complexity index is 1090. The van der Waals surface area contributed by atoms with E-state index in [-0.39, 0.29) is 5.69 Å². The number of hydrogen-bond acceptors (Lipinski definition) is 6. The Morgan fingerprint density at radius 3 is 2.90 bits per heavy atom. The Morgan fingerprint density at radius 1 is 1.34 bits per heavy atom. The topological polar surface area (TPSA) is 107 Å². The molecule has 0 saturated carbocycles. The lowest BCUT2D eigenvalue weighted by molar-refractivity contribution is 0.1000. The summed E-state index contributed by atoms with van der Waals surface area (Å²) in [6.07, 6.45) is 2.68. The second-order valence-electron chi connectivity index (χ2n) is 7.15. The van der Waals surface area contributed by atoms with Gasteiger partial charge in [-0.3, -0.25) is 9.59 Å². The Labute approximate surface area is 171 Å². The number of rotatable bonds is 5. The molecule has 3 N–H and O–H groups in total. The number of hydrogen-bond donors (Lipinski definition) is 2. The predicted molar refractivity (Wildman–Crippen MR) is 110 cm³/mol. The van der Waals surface area contributed by atoms with Gasteiger partial charge in [-0.25, -0.2) is 0 Å². The number of nitrogens with zero attached hydrogens (tertiary/aromatic N) is 1. The zero-order chi connectivity index (χ0) is 20.5. The van der Waals surface area contributed by atoms with E-state index in [0.717, 1.165) is 29.7 Å². The van der Waals surface area contributed by atoms with Crippen LogP contribution in [0, 0.1) is 5.92 Å². The lowest BCUT2D eigenvalue weighted by Gasteiger charge is -2.18. The Morgan fingerprint density at radius 2 is 2.14 bits per heavy atom. The van der Waals surface area contributed by atoms with Crippen molar-refractivity contribution >= 4 is 28.2 Å². The van der Waals surface area contributed by atoms with Crippen LogP contribution in [0.3, 0.4) is 0 Å². The van der Waals surface area contributed by atoms with E-state index in [4.69, 9.17) is 15.0 Å². The van der Waals surface area contributed by atoms with E-state index in [1.165, 1.54) is 11.3 Å². The molecule has 0 spiro atoms. The third kappa shape index (κ3) is 3.63. The minimum absolute atomic E-state index is 0.112. The van der Waals surface area contributed by atoms with Gasteiger partial charge in [0.25, 0.3) is 11.8 Å². The maximum Gasteiger partial charge on any atom is 0.278 e. The number of aromatic nitrogens is 1. The summed E-state index contributed by atoms with van der Waals surface area (Å²) in [4.78, 5) is 25.9. The van der Waals surface area contributed by atoms with Crippen LogP contribution in [0.25, 0.3) is 11.3 Å². The van der Waals surface area contributed by atoms with Crippen LogP contribution in [0.5, 0.6) is 5.75 Å². The summed E-state index contributed by atoms with van der Waals surface area (Å²) in [6.45, 7) is 2.18. The van der Waals surface area contributed by atoms with Gasteiger partial charge in [0.2, 0.25) is 0 Å². The van der Waals surface area contributed by atoms with E-state index in [9.17, 15) is 9.59 Å². The van der Waals surface area contributed by atoms with E-state index < -0.39 is 11.8 Å². The quantitative estimate of drug-likeness (QED) is 0.662. The van der Waals surface area contributed by atoms with Crippen LogP contribution in [0.1, 0.15) is 44.6 Å². The average molecular weight is 411 g/mol. The number of ether oxygens (including phenoxy) is 1. The zero-order valence-corrected chi connectivity index (χ0v) is 17.0. The number of carbonyl (C=O) groups excluding carboxylic acids is 2. The summed E-state index contributed by atoms with van der Waals surface area (Å²) in [6, 6.07) is 8.86. The summed E-state index contributed by atoms with van der Waals surface area (Å²) in [7, 11) is 1.56. The van der Waals surface area contributed by atoms with Crippen molar-refractivity contribution < 1.29 is 18.8 Å². The molecule has 8 heteroatoms. The number of nitrogens with one attached hydrogen (secondary N) is 1. The van der Waals surface area contributed by atoms with Gasteiger partial charge in [-0.2, -0.15) is 0 Å². The van der Waals surface area contributed by atoms with Gasteiger partial charge in [0.15, 0.2) is 11.5 Å². The van der Waals surface area contributed by atoms with E-state index in [0.29, 0.717) is 33.6 Å². The number of thiophene rings is 1. The van der Waals surface area contributed by atoms with Crippen LogP contribution in [-0.2, 0) is 12.8 Å². The molecule has 1 aromatic carbocycles. The first-order chi connectivity index (χ1) is 14.0. The largest absolute Gasteiger partial charge is 0.496 e. The summed E-state index contributed by atoms with van der Waals surface area (Å²) < 4.78 is 10.7. The highest BCUT2D eigenvalue weighted by atomic mass is 32.1. The van der Waals surface area contributed by atoms with Crippen molar-refractivity contribution in [2.24, 2.45) is 11.7 Å². The highest BCUT2D eigenvalue weighted by Gasteiger charge is 2.28. The van der Waals surface area contributed by atoms with E-state index in [2.05, 4.69) is 17.4 Å². The SMILES string of the molecule is COc1ccccc1-c1cc(C(=O)Nc2sc3c(c2C(N)=O)CC[C@H](C)C3)no1. The van der Waals surface area contributed by atoms with Gasteiger partial charge in [-0.05, 0) is 42.9 Å². The van der Waals surface area contributed by atoms with Crippen LogP contribution in [0.4, 0.5) is 5.00 Å². The fraction of sp³-hybridized carbons (Fsp3) is 0.286. The van der Waals surface area contributed by atoms with Crippen LogP contribution in [-0.4, -0.2) is 24.1 Å². The number of benzene rings is 1. The minimum atomic E-state index is -0.526. The zero-order valence-electron chi connectivity index (χ0n) is 16.2. The van der Waals surface area contributed by atoms with E-state index >= 15 is 0 Å². The Kier molecular flexibility index (Phi) is 5.10. The Balaban J connectivity index is 1.61. The number of fused-ring (bicyclic) bond motifs is 1. The lowest BCUT2D eigenvalue weighted by atomic mass is 9.88. The normalized spacial score (nSPS) is 15.6. The van der Waals surface area contributed by atoms with Crippen molar-refractivity contribution in [2.75, 3.05) is 12.4 Å². The molecule has 1 atom stereocenters. The molecule has 4 rings (SSSR count). The molecule has 3 aromatic rings. The van der Waals surface area contributed by atoms with Crippen molar-refractivity contribution in [3.05, 3.63) is 52.0 Å². The fourth-order valence-corrected chi connectivity index (χ4v) is 5.04. The van der Waals surface area contributed by atoms with Crippen LogP contribution < -0.4 is 15.8 Å². The van der Waals surface area contributed by atoms with Crippen molar-refractivity contribution in [2.45, 2.75) is 26.2 Å². The number of amides is 2. The van der Waals surface area contributed by atoms with Gasteiger partial charge in [0.05, 0.1) is 18.2 Å². The average Bonchev–Trinajstić information content (AvgIpc) is 3.32. The van der Waals surface area contributed by atoms with Crippen LogP contribution in [0.15, 0.2) is 34.9 Å². The highest BCUT2D eigenvalue weighted by molar-refractivity contribution is 7.17. The molecule has 2 aromatic heterocycles. The molecule has 1 aliphatic carbocycles. The monoisotopic (exact) mass is 411 g/mol. The second kappa shape index (κ2) is 7.71. The summed E-state index contributed by atoms with van der Waals surface area (Å²) in [5, 5.41) is 7.15. The smallest absolute Gasteiger partial charge is 0.278 e. The van der Waals surface area contributed by atoms with Crippen molar-refractivity contribution in [3.8, 4) is 17.1 Å². The highest BCUT2D eigenvalue weighted by Crippen LogP contribution is 2.39. The predicted octanol–water partition coefficient (Wildman–Crippen LogP) is 3.89. The van der Waals surface area contributed by atoms with Crippen LogP contribution >= 0.6 is 11.3 Å². The first kappa shape index (κ1) is 19.2. The summed E-state index contributed by atoms with van der Waals surface area (Å²) in [5.41, 5.74) is 7.80. The van der Waals surface area contributed by atoms with Gasteiger partial charge in [-0.15, -0.1) is 11.3 Å². The third-order valence-electron chi connectivity index (χ3n) is 5.10. The minimum Gasteiger partial charge on any atom is -0.496 e. The molecule has 0 aliphatic heterocycles. The van der Waals surface area contributed by atoms with Gasteiger partial charge in [0.1, 0.15) is 10.8 Å². The maximum absolute atomic E-state index is 12.8. The number of nitrogens with two attached hydrogens (primary N) is 1. The molecule has 2 amide bonds. The maximum atomic E-state index is 12.8. The summed E-state index contributed by atoms with van der Waals surface area (Å²) >= 11 is 1.42. The lowest BCUT2D eigenvalue weighted by Crippen LogP contribution is -2.19. The van der Waals surface area contributed by atoms with Gasteiger partial charge in [-0.1, -0.05) is 24.2 Å². The van der Waals surface area contributed by atoms with Crippen molar-refractivity contribution in [3.63, 3.8) is 0 Å². The number of carbonyl (C=O) groups is 2. The molecule has 29 heavy (non-hydrogen) atoms. The van der Waals surface area contributed by atoms with Gasteiger partial charge in [0, 0.05) is 10.9 Å². The summed E-state index contributed by atoms with van der Waals surface area (Å²) in [5.74, 6) is 0.601. The molecule has 0 unspecified atom stereocenters. The van der Waals surface area contributed by atoms with Crippen molar-refractivity contribution in [1.82, 2.24) is 5.16 Å². The third-order valence-corrected chi connectivity index (χ3v) is 6.27. The molecule has 0 radical (unpaired) electrons. The van der Waals surface area contributed by atoms with E-state index in [1.807, 2.05) is 18.2 Å². The standard InChI is InChI=1S/C21H21N3O4S/c1-11-7-8-13-17(9-11)29-21(18(13)19(22)25)23-20(26)14-10-16(28-24-14)12-5-3-4-6-15(12)27-2/h3-6,10-11H,7-9H2,1-2H3,(H2,22,25)(H,23,26)/t11-/m0/s1. The molecular weight excluding hydrogens is 390 g/mol. The number of para-hydroxylation sites is 1. The van der Waals surface area contributed by atoms with Crippen LogP contribution in [0.2, 0.25) is 0 Å². The second-order valence-corrected chi connectivity index (χ2v) is 8.26. The molecule has 0 bridgehead atoms.